The quantitative estimate of drug-likeness (QED) is 0.908. The molecule has 110 valence electrons. The number of aromatic nitrogens is 1. The highest BCUT2D eigenvalue weighted by Crippen LogP contribution is 2.21. The summed E-state index contributed by atoms with van der Waals surface area (Å²) in [7, 11) is 0. The van der Waals surface area contributed by atoms with Crippen LogP contribution in [-0.2, 0) is 11.2 Å². The minimum absolute atomic E-state index is 0.261. The summed E-state index contributed by atoms with van der Waals surface area (Å²) < 4.78 is 0. The third-order valence-electron chi connectivity index (χ3n) is 4.29. The van der Waals surface area contributed by atoms with E-state index < -0.39 is 0 Å². The van der Waals surface area contributed by atoms with Gasteiger partial charge in [0.05, 0.1) is 0 Å². The highest BCUT2D eigenvalue weighted by atomic mass is 16.1. The molecule has 1 unspecified atom stereocenters. The fourth-order valence-corrected chi connectivity index (χ4v) is 3.16. The first kappa shape index (κ1) is 13.9. The van der Waals surface area contributed by atoms with Crippen molar-refractivity contribution in [2.24, 2.45) is 0 Å². The number of allylic oxidation sites excluding steroid dienone is 1. The summed E-state index contributed by atoms with van der Waals surface area (Å²) in [5.41, 5.74) is 2.55. The first-order valence-corrected chi connectivity index (χ1v) is 7.79. The third kappa shape index (κ3) is 3.02. The lowest BCUT2D eigenvalue weighted by Crippen LogP contribution is -2.36. The smallest absolute Gasteiger partial charge is 0.159 e. The topological polar surface area (TPSA) is 36.1 Å². The van der Waals surface area contributed by atoms with E-state index in [4.69, 9.17) is 0 Å². The van der Waals surface area contributed by atoms with E-state index in [1.165, 1.54) is 16.5 Å². The second-order valence-electron chi connectivity index (χ2n) is 5.78. The van der Waals surface area contributed by atoms with Crippen molar-refractivity contribution < 1.29 is 4.79 Å². The van der Waals surface area contributed by atoms with E-state index in [9.17, 15) is 4.79 Å². The zero-order valence-electron chi connectivity index (χ0n) is 12.5. The van der Waals surface area contributed by atoms with Gasteiger partial charge in [-0.2, -0.15) is 0 Å². The highest BCUT2D eigenvalue weighted by Gasteiger charge is 2.21. The Morgan fingerprint density at radius 3 is 3.05 bits per heavy atom. The average molecular weight is 282 g/mol. The average Bonchev–Trinajstić information content (AvgIpc) is 2.90. The minimum atomic E-state index is 0.261. The van der Waals surface area contributed by atoms with Gasteiger partial charge >= 0.3 is 0 Å². The van der Waals surface area contributed by atoms with E-state index in [-0.39, 0.29) is 5.78 Å². The van der Waals surface area contributed by atoms with Crippen molar-refractivity contribution in [3.8, 4) is 0 Å². The first-order chi connectivity index (χ1) is 10.3. The number of para-hydroxylation sites is 1. The maximum Gasteiger partial charge on any atom is 0.159 e. The Labute approximate surface area is 125 Å². The van der Waals surface area contributed by atoms with Gasteiger partial charge in [0.15, 0.2) is 5.78 Å². The number of ketones is 1. The van der Waals surface area contributed by atoms with E-state index in [0.29, 0.717) is 12.5 Å². The van der Waals surface area contributed by atoms with Gasteiger partial charge in [-0.15, -0.1) is 0 Å². The predicted octanol–water partition coefficient (Wildman–Crippen LogP) is 3.67. The van der Waals surface area contributed by atoms with E-state index >= 15 is 0 Å². The van der Waals surface area contributed by atoms with Gasteiger partial charge < -0.3 is 9.88 Å². The van der Waals surface area contributed by atoms with Crippen LogP contribution < -0.4 is 0 Å². The largest absolute Gasteiger partial charge is 0.373 e. The van der Waals surface area contributed by atoms with Crippen molar-refractivity contribution in [1.82, 2.24) is 9.88 Å². The number of hydrogen-bond donors (Lipinski definition) is 1. The Kier molecular flexibility index (Phi) is 4.09. The molecule has 3 rings (SSSR count). The molecule has 1 aliphatic rings. The zero-order chi connectivity index (χ0) is 14.7. The molecular formula is C18H22N2O. The summed E-state index contributed by atoms with van der Waals surface area (Å²) in [4.78, 5) is 17.3. The van der Waals surface area contributed by atoms with Gasteiger partial charge in [-0.1, -0.05) is 31.5 Å². The molecule has 2 heterocycles. The molecule has 1 atom stereocenters. The fraction of sp³-hybridized carbons (Fsp3) is 0.389. The van der Waals surface area contributed by atoms with E-state index in [1.807, 2.05) is 6.20 Å². The number of nitrogens with one attached hydrogen (secondary N) is 1. The van der Waals surface area contributed by atoms with Crippen LogP contribution in [0.25, 0.3) is 10.9 Å². The summed E-state index contributed by atoms with van der Waals surface area (Å²) >= 11 is 0. The second-order valence-corrected chi connectivity index (χ2v) is 5.78. The van der Waals surface area contributed by atoms with E-state index in [0.717, 1.165) is 25.8 Å². The highest BCUT2D eigenvalue weighted by molar-refractivity contribution is 5.90. The van der Waals surface area contributed by atoms with Gasteiger partial charge in [0.2, 0.25) is 0 Å². The van der Waals surface area contributed by atoms with Gasteiger partial charge in [-0.25, -0.2) is 0 Å². The molecule has 0 saturated carbocycles. The molecule has 1 N–H and O–H groups in total. The minimum Gasteiger partial charge on any atom is -0.373 e. The van der Waals surface area contributed by atoms with Crippen LogP contribution in [0.1, 0.15) is 31.7 Å². The number of aromatic amines is 1. The molecule has 3 nitrogen and oxygen atoms in total. The number of fused-ring (bicyclic) bond motifs is 1. The van der Waals surface area contributed by atoms with Crippen molar-refractivity contribution in [2.75, 3.05) is 6.54 Å². The number of carbonyl (C=O) groups excluding carboxylic acids is 1. The van der Waals surface area contributed by atoms with Crippen molar-refractivity contribution in [1.29, 1.82) is 0 Å². The Bertz CT molecular complexity index is 656. The molecule has 1 aliphatic heterocycles. The summed E-state index contributed by atoms with van der Waals surface area (Å²) in [6, 6.07) is 8.79. The Morgan fingerprint density at radius 1 is 1.33 bits per heavy atom. The maximum absolute atomic E-state index is 11.6. The van der Waals surface area contributed by atoms with Crippen molar-refractivity contribution in [2.45, 2.75) is 38.6 Å². The van der Waals surface area contributed by atoms with Crippen LogP contribution in [0.4, 0.5) is 0 Å². The number of carbonyl (C=O) groups is 1. The SMILES string of the molecule is CCCC1CC(=O)C=CN1CCc1c[nH]c2ccccc12. The monoisotopic (exact) mass is 282 g/mol. The lowest BCUT2D eigenvalue weighted by Gasteiger charge is -2.32. The van der Waals surface area contributed by atoms with Gasteiger partial charge in [0, 0.05) is 42.3 Å². The van der Waals surface area contributed by atoms with Crippen molar-refractivity contribution >= 4 is 16.7 Å². The molecule has 0 saturated heterocycles. The van der Waals surface area contributed by atoms with Crippen molar-refractivity contribution in [3.63, 3.8) is 0 Å². The fourth-order valence-electron chi connectivity index (χ4n) is 3.16. The molecule has 3 heteroatoms. The first-order valence-electron chi connectivity index (χ1n) is 7.79. The van der Waals surface area contributed by atoms with E-state index in [1.54, 1.807) is 6.08 Å². The predicted molar refractivity (Wildman–Crippen MR) is 86.2 cm³/mol. The van der Waals surface area contributed by atoms with Crippen LogP contribution in [0, 0.1) is 0 Å². The lowest BCUT2D eigenvalue weighted by atomic mass is 10.00. The maximum atomic E-state index is 11.6. The summed E-state index contributed by atoms with van der Waals surface area (Å²) in [5.74, 6) is 0.261. The Morgan fingerprint density at radius 2 is 2.19 bits per heavy atom. The molecule has 0 amide bonds. The summed E-state index contributed by atoms with van der Waals surface area (Å²) in [6.07, 6.45) is 9.70. The van der Waals surface area contributed by atoms with Crippen LogP contribution in [0.15, 0.2) is 42.7 Å². The van der Waals surface area contributed by atoms with Crippen LogP contribution in [0.5, 0.6) is 0 Å². The molecule has 0 radical (unpaired) electrons. The third-order valence-corrected chi connectivity index (χ3v) is 4.29. The number of rotatable bonds is 5. The molecular weight excluding hydrogens is 260 g/mol. The molecule has 0 fully saturated rings. The van der Waals surface area contributed by atoms with E-state index in [2.05, 4.69) is 47.3 Å². The van der Waals surface area contributed by atoms with Gasteiger partial charge in [0.25, 0.3) is 0 Å². The number of H-pyrrole nitrogens is 1. The van der Waals surface area contributed by atoms with Gasteiger partial charge in [0.1, 0.15) is 0 Å². The van der Waals surface area contributed by atoms with Crippen LogP contribution >= 0.6 is 0 Å². The summed E-state index contributed by atoms with van der Waals surface area (Å²) in [6.45, 7) is 3.15. The molecule has 0 spiro atoms. The molecule has 2 aromatic rings. The molecule has 0 aliphatic carbocycles. The molecule has 1 aromatic heterocycles. The Hall–Kier alpha value is -2.03. The number of hydrogen-bond acceptors (Lipinski definition) is 2. The Balaban J connectivity index is 1.71. The zero-order valence-corrected chi connectivity index (χ0v) is 12.5. The number of nitrogens with zero attached hydrogens (tertiary/aromatic N) is 1. The summed E-state index contributed by atoms with van der Waals surface area (Å²) in [5, 5.41) is 1.31. The normalized spacial score (nSPS) is 18.6. The molecule has 1 aromatic carbocycles. The molecule has 0 bridgehead atoms. The van der Waals surface area contributed by atoms with Gasteiger partial charge in [-0.05, 0) is 30.5 Å². The van der Waals surface area contributed by atoms with Crippen LogP contribution in [0.2, 0.25) is 0 Å². The lowest BCUT2D eigenvalue weighted by molar-refractivity contribution is -0.116. The van der Waals surface area contributed by atoms with Gasteiger partial charge in [-0.3, -0.25) is 4.79 Å². The van der Waals surface area contributed by atoms with Crippen LogP contribution in [-0.4, -0.2) is 28.3 Å². The number of benzene rings is 1. The van der Waals surface area contributed by atoms with Crippen LogP contribution in [0.3, 0.4) is 0 Å². The standard InChI is InChI=1S/C18H22N2O/c1-2-5-15-12-16(21)9-11-20(15)10-8-14-13-19-18-7-4-3-6-17(14)18/h3-4,6-7,9,11,13,15,19H,2,5,8,10,12H2,1H3. The van der Waals surface area contributed by atoms with Crippen molar-refractivity contribution in [3.05, 3.63) is 48.3 Å². The second kappa shape index (κ2) is 6.17. The molecule has 21 heavy (non-hydrogen) atoms.